The quantitative estimate of drug-likeness (QED) is 0.834. The number of anilines is 1. The first-order chi connectivity index (χ1) is 14.6. The van der Waals surface area contributed by atoms with E-state index in [2.05, 4.69) is 33.9 Å². The van der Waals surface area contributed by atoms with Gasteiger partial charge in [0.05, 0.1) is 29.6 Å². The third-order valence-electron chi connectivity index (χ3n) is 6.90. The highest BCUT2D eigenvalue weighted by Crippen LogP contribution is 2.43. The fourth-order valence-electron chi connectivity index (χ4n) is 5.32. The van der Waals surface area contributed by atoms with E-state index in [4.69, 9.17) is 15.0 Å². The molecule has 1 N–H and O–H groups in total. The molecule has 160 valence electrons. The number of hydrogen-bond donors (Lipinski definition) is 1. The van der Waals surface area contributed by atoms with Gasteiger partial charge < -0.3 is 14.9 Å². The summed E-state index contributed by atoms with van der Waals surface area (Å²) in [5.74, 6) is 1.83. The summed E-state index contributed by atoms with van der Waals surface area (Å²) in [5.41, 5.74) is 3.58. The summed E-state index contributed by atoms with van der Waals surface area (Å²) in [5, 5.41) is 10.6. The Morgan fingerprint density at radius 1 is 1.10 bits per heavy atom. The van der Waals surface area contributed by atoms with Gasteiger partial charge in [0.15, 0.2) is 0 Å². The standard InChI is InChI=1S/C23H32N6O/c1-16-25-19(14-22(26-16)28-11-9-27(2)10-12-28)21-13-18(30)15-29(21)20-7-3-5-17-6-4-8-24-23(17)20/h4,6,8,14,18,20-21,30H,3,5,7,9-13,15H2,1-2H3/t18-,20+,21?/m1/s1. The number of likely N-dealkylation sites (tertiary alicyclic amines) is 1. The zero-order valence-corrected chi connectivity index (χ0v) is 18.0. The summed E-state index contributed by atoms with van der Waals surface area (Å²) in [6.45, 7) is 6.75. The number of aliphatic hydroxyl groups excluding tert-OH is 1. The van der Waals surface area contributed by atoms with Crippen molar-refractivity contribution < 1.29 is 5.11 Å². The molecule has 1 unspecified atom stereocenters. The van der Waals surface area contributed by atoms with Gasteiger partial charge in [0.25, 0.3) is 0 Å². The molecule has 3 aliphatic rings. The number of hydrogen-bond acceptors (Lipinski definition) is 7. The second-order valence-corrected chi connectivity index (χ2v) is 9.05. The largest absolute Gasteiger partial charge is 0.392 e. The molecule has 4 heterocycles. The van der Waals surface area contributed by atoms with Gasteiger partial charge in [-0.3, -0.25) is 9.88 Å². The molecule has 3 atom stereocenters. The lowest BCUT2D eigenvalue weighted by Gasteiger charge is -2.36. The molecule has 2 saturated heterocycles. The molecule has 7 heteroatoms. The van der Waals surface area contributed by atoms with Crippen molar-refractivity contribution in [2.45, 2.75) is 50.8 Å². The highest BCUT2D eigenvalue weighted by molar-refractivity contribution is 5.41. The first-order valence-electron chi connectivity index (χ1n) is 11.2. The van der Waals surface area contributed by atoms with Crippen molar-refractivity contribution in [1.82, 2.24) is 24.8 Å². The number of nitrogens with zero attached hydrogens (tertiary/aromatic N) is 6. The maximum atomic E-state index is 10.6. The maximum Gasteiger partial charge on any atom is 0.132 e. The number of aromatic nitrogens is 3. The number of aryl methyl sites for hydroxylation is 2. The van der Waals surface area contributed by atoms with Crippen LogP contribution in [-0.2, 0) is 6.42 Å². The zero-order chi connectivity index (χ0) is 20.7. The highest BCUT2D eigenvalue weighted by atomic mass is 16.3. The van der Waals surface area contributed by atoms with Crippen LogP contribution in [-0.4, -0.2) is 75.7 Å². The Morgan fingerprint density at radius 3 is 2.77 bits per heavy atom. The van der Waals surface area contributed by atoms with E-state index < -0.39 is 0 Å². The summed E-state index contributed by atoms with van der Waals surface area (Å²) in [4.78, 5) is 21.5. The summed E-state index contributed by atoms with van der Waals surface area (Å²) < 4.78 is 0. The molecule has 0 saturated carbocycles. The van der Waals surface area contributed by atoms with Crippen LogP contribution in [0.3, 0.4) is 0 Å². The van der Waals surface area contributed by atoms with Gasteiger partial charge in [-0.2, -0.15) is 0 Å². The summed E-state index contributed by atoms with van der Waals surface area (Å²) in [6, 6.07) is 6.76. The minimum absolute atomic E-state index is 0.103. The van der Waals surface area contributed by atoms with E-state index in [9.17, 15) is 5.11 Å². The fourth-order valence-corrected chi connectivity index (χ4v) is 5.32. The van der Waals surface area contributed by atoms with Crippen molar-refractivity contribution >= 4 is 5.82 Å². The van der Waals surface area contributed by atoms with Crippen LogP contribution in [0.25, 0.3) is 0 Å². The molecule has 7 nitrogen and oxygen atoms in total. The molecule has 0 amide bonds. The number of rotatable bonds is 3. The Labute approximate surface area is 178 Å². The van der Waals surface area contributed by atoms with Gasteiger partial charge in [0.2, 0.25) is 0 Å². The van der Waals surface area contributed by atoms with Crippen LogP contribution in [0, 0.1) is 6.92 Å². The van der Waals surface area contributed by atoms with Crippen molar-refractivity contribution in [3.8, 4) is 0 Å². The van der Waals surface area contributed by atoms with Crippen molar-refractivity contribution in [3.05, 3.63) is 47.2 Å². The molecular formula is C23H32N6O. The second-order valence-electron chi connectivity index (χ2n) is 9.05. The lowest BCUT2D eigenvalue weighted by Crippen LogP contribution is -2.45. The zero-order valence-electron chi connectivity index (χ0n) is 18.0. The highest BCUT2D eigenvalue weighted by Gasteiger charge is 2.40. The van der Waals surface area contributed by atoms with E-state index >= 15 is 0 Å². The van der Waals surface area contributed by atoms with E-state index in [-0.39, 0.29) is 18.2 Å². The monoisotopic (exact) mass is 408 g/mol. The van der Waals surface area contributed by atoms with Crippen LogP contribution in [0.5, 0.6) is 0 Å². The van der Waals surface area contributed by atoms with Gasteiger partial charge in [-0.25, -0.2) is 9.97 Å². The Balaban J connectivity index is 1.46. The predicted octanol–water partition coefficient (Wildman–Crippen LogP) is 2.12. The minimum Gasteiger partial charge on any atom is -0.392 e. The van der Waals surface area contributed by atoms with E-state index in [0.29, 0.717) is 6.54 Å². The molecule has 0 aromatic carbocycles. The number of pyridine rings is 1. The molecule has 1 aliphatic carbocycles. The van der Waals surface area contributed by atoms with Gasteiger partial charge >= 0.3 is 0 Å². The number of piperazine rings is 1. The number of β-amino-alcohol motifs (C(OH)–C–C–N with tert-alkyl or cyclic N) is 1. The first-order valence-corrected chi connectivity index (χ1v) is 11.2. The molecule has 2 aliphatic heterocycles. The molecule has 0 radical (unpaired) electrons. The number of likely N-dealkylation sites (N-methyl/N-ethyl adjacent to an activating group) is 1. The van der Waals surface area contributed by atoms with E-state index in [1.54, 1.807) is 0 Å². The Hall–Kier alpha value is -2.09. The van der Waals surface area contributed by atoms with Crippen molar-refractivity contribution in [1.29, 1.82) is 0 Å². The molecule has 2 fully saturated rings. The normalized spacial score (nSPS) is 28.0. The number of fused-ring (bicyclic) bond motifs is 1. The van der Waals surface area contributed by atoms with Gasteiger partial charge in [-0.1, -0.05) is 6.07 Å². The van der Waals surface area contributed by atoms with Gasteiger partial charge in [-0.05, 0) is 51.3 Å². The minimum atomic E-state index is -0.327. The fraction of sp³-hybridized carbons (Fsp3) is 0.609. The third kappa shape index (κ3) is 3.82. The van der Waals surface area contributed by atoms with Crippen molar-refractivity contribution in [2.24, 2.45) is 0 Å². The number of aliphatic hydroxyl groups is 1. The van der Waals surface area contributed by atoms with E-state index in [1.807, 2.05) is 19.2 Å². The first kappa shape index (κ1) is 19.8. The average molecular weight is 409 g/mol. The van der Waals surface area contributed by atoms with Crippen LogP contribution in [0.4, 0.5) is 5.82 Å². The van der Waals surface area contributed by atoms with E-state index in [1.165, 1.54) is 11.3 Å². The lowest BCUT2D eigenvalue weighted by atomic mass is 9.90. The molecule has 0 spiro atoms. The second kappa shape index (κ2) is 8.21. The Morgan fingerprint density at radius 2 is 1.93 bits per heavy atom. The SMILES string of the molecule is Cc1nc(C2C[C@@H](O)CN2[C@H]2CCCc3cccnc32)cc(N2CCN(C)CC2)n1. The van der Waals surface area contributed by atoms with Crippen LogP contribution >= 0.6 is 0 Å². The van der Waals surface area contributed by atoms with Crippen molar-refractivity contribution in [3.63, 3.8) is 0 Å². The van der Waals surface area contributed by atoms with Crippen LogP contribution < -0.4 is 4.90 Å². The summed E-state index contributed by atoms with van der Waals surface area (Å²) in [7, 11) is 2.17. The topological polar surface area (TPSA) is 68.6 Å². The third-order valence-corrected chi connectivity index (χ3v) is 6.90. The Bertz CT molecular complexity index is 897. The lowest BCUT2D eigenvalue weighted by molar-refractivity contribution is 0.133. The van der Waals surface area contributed by atoms with Gasteiger partial charge in [-0.15, -0.1) is 0 Å². The molecule has 0 bridgehead atoms. The van der Waals surface area contributed by atoms with Crippen LogP contribution in [0.1, 0.15) is 54.1 Å². The average Bonchev–Trinajstić information content (AvgIpc) is 3.15. The molecule has 5 rings (SSSR count). The molecule has 2 aromatic rings. The summed E-state index contributed by atoms with van der Waals surface area (Å²) in [6.07, 6.45) is 5.64. The van der Waals surface area contributed by atoms with Gasteiger partial charge in [0.1, 0.15) is 11.6 Å². The summed E-state index contributed by atoms with van der Waals surface area (Å²) >= 11 is 0. The molecule has 30 heavy (non-hydrogen) atoms. The molecule has 2 aromatic heterocycles. The van der Waals surface area contributed by atoms with E-state index in [0.717, 1.165) is 69.2 Å². The maximum absolute atomic E-state index is 10.6. The van der Waals surface area contributed by atoms with Crippen LogP contribution in [0.2, 0.25) is 0 Å². The Kier molecular flexibility index (Phi) is 5.43. The predicted molar refractivity (Wildman–Crippen MR) is 116 cm³/mol. The van der Waals surface area contributed by atoms with Crippen LogP contribution in [0.15, 0.2) is 24.4 Å². The molecular weight excluding hydrogens is 376 g/mol. The van der Waals surface area contributed by atoms with Gasteiger partial charge in [0, 0.05) is 45.0 Å². The van der Waals surface area contributed by atoms with Crippen molar-refractivity contribution in [2.75, 3.05) is 44.7 Å². The smallest absolute Gasteiger partial charge is 0.132 e.